The lowest BCUT2D eigenvalue weighted by Crippen LogP contribution is -1.98. The van der Waals surface area contributed by atoms with E-state index in [1.165, 1.54) is 6.07 Å². The molecule has 0 unspecified atom stereocenters. The molecule has 2 aromatic heterocycles. The molecule has 0 bridgehead atoms. The predicted octanol–water partition coefficient (Wildman–Crippen LogP) is 3.58. The summed E-state index contributed by atoms with van der Waals surface area (Å²) in [5.41, 5.74) is 6.84. The maximum atomic E-state index is 14.2. The molecular weight excluding hydrogens is 281 g/mol. The molecule has 0 fully saturated rings. The van der Waals surface area contributed by atoms with Gasteiger partial charge in [0.05, 0.1) is 5.39 Å². The minimum atomic E-state index is -0.478. The molecule has 4 rings (SSSR count). The minimum absolute atomic E-state index is 0.121. The molecule has 0 aliphatic rings. The van der Waals surface area contributed by atoms with Crippen molar-refractivity contribution >= 4 is 39.1 Å². The normalized spacial score (nSPS) is 11.1. The molecule has 5 nitrogen and oxygen atoms in total. The van der Waals surface area contributed by atoms with Crippen molar-refractivity contribution in [3.05, 3.63) is 54.3 Å². The molecule has 0 radical (unpaired) electrons. The van der Waals surface area contributed by atoms with E-state index in [0.717, 1.165) is 16.5 Å². The van der Waals surface area contributed by atoms with Crippen molar-refractivity contribution in [3.8, 4) is 0 Å². The average Bonchev–Trinajstić information content (AvgIpc) is 2.89. The van der Waals surface area contributed by atoms with Crippen LogP contribution in [0.3, 0.4) is 0 Å². The molecule has 2 aromatic carbocycles. The highest BCUT2D eigenvalue weighted by Crippen LogP contribution is 2.28. The van der Waals surface area contributed by atoms with Gasteiger partial charge in [0.15, 0.2) is 17.3 Å². The van der Waals surface area contributed by atoms with Crippen LogP contribution in [0.25, 0.3) is 21.8 Å². The van der Waals surface area contributed by atoms with Crippen LogP contribution in [-0.2, 0) is 0 Å². The van der Waals surface area contributed by atoms with Gasteiger partial charge in [0, 0.05) is 11.1 Å². The number of nitrogen functional groups attached to an aromatic ring is 1. The van der Waals surface area contributed by atoms with E-state index in [9.17, 15) is 4.39 Å². The number of pyridine rings is 1. The zero-order chi connectivity index (χ0) is 15.1. The largest absolute Gasteiger partial charge is 0.384 e. The van der Waals surface area contributed by atoms with Gasteiger partial charge in [0.1, 0.15) is 5.82 Å². The van der Waals surface area contributed by atoms with E-state index in [2.05, 4.69) is 20.5 Å². The molecule has 4 N–H and O–H groups in total. The fraction of sp³-hybridized carbons (Fsp3) is 0. The standard InChI is InChI=1S/C16H12FN5/c17-12-8-11-14(18)21-22-15(11)20-16(12)19-13-7-3-5-9-4-1-2-6-10(9)13/h1-8H,(H4,18,19,20,21,22). The Bertz CT molecular complexity index is 987. The zero-order valence-electron chi connectivity index (χ0n) is 11.5. The van der Waals surface area contributed by atoms with Crippen LogP contribution in [-0.4, -0.2) is 15.2 Å². The Morgan fingerprint density at radius 3 is 2.77 bits per heavy atom. The number of H-pyrrole nitrogens is 1. The molecule has 0 aliphatic heterocycles. The van der Waals surface area contributed by atoms with Crippen LogP contribution in [0.2, 0.25) is 0 Å². The topological polar surface area (TPSA) is 79.6 Å². The van der Waals surface area contributed by atoms with Crippen LogP contribution in [0.15, 0.2) is 48.5 Å². The first-order valence-corrected chi connectivity index (χ1v) is 6.77. The van der Waals surface area contributed by atoms with Crippen molar-refractivity contribution in [2.45, 2.75) is 0 Å². The van der Waals surface area contributed by atoms with Crippen molar-refractivity contribution in [1.82, 2.24) is 15.2 Å². The third-order valence-corrected chi connectivity index (χ3v) is 3.57. The van der Waals surface area contributed by atoms with Crippen LogP contribution in [0.1, 0.15) is 0 Å². The highest BCUT2D eigenvalue weighted by molar-refractivity contribution is 5.95. The number of nitrogens with zero attached hydrogens (tertiary/aromatic N) is 2. The lowest BCUT2D eigenvalue weighted by molar-refractivity contribution is 0.629. The highest BCUT2D eigenvalue weighted by Gasteiger charge is 2.12. The first kappa shape index (κ1) is 12.6. The molecule has 0 spiro atoms. The summed E-state index contributed by atoms with van der Waals surface area (Å²) in [5.74, 6) is -0.0537. The second-order valence-corrected chi connectivity index (χ2v) is 4.98. The van der Waals surface area contributed by atoms with Gasteiger partial charge >= 0.3 is 0 Å². The van der Waals surface area contributed by atoms with Gasteiger partial charge in [-0.15, -0.1) is 0 Å². The second kappa shape index (κ2) is 4.70. The number of fused-ring (bicyclic) bond motifs is 2. The van der Waals surface area contributed by atoms with E-state index in [-0.39, 0.29) is 5.82 Å². The van der Waals surface area contributed by atoms with Crippen LogP contribution < -0.4 is 11.1 Å². The first-order chi connectivity index (χ1) is 10.7. The number of rotatable bonds is 2. The average molecular weight is 293 g/mol. The number of hydrogen-bond acceptors (Lipinski definition) is 4. The molecule has 0 aliphatic carbocycles. The zero-order valence-corrected chi connectivity index (χ0v) is 11.5. The Morgan fingerprint density at radius 2 is 1.86 bits per heavy atom. The van der Waals surface area contributed by atoms with E-state index in [1.807, 2.05) is 42.5 Å². The summed E-state index contributed by atoms with van der Waals surface area (Å²) in [6.07, 6.45) is 0. The number of aromatic amines is 1. The van der Waals surface area contributed by atoms with Crippen molar-refractivity contribution in [3.63, 3.8) is 0 Å². The van der Waals surface area contributed by atoms with E-state index in [4.69, 9.17) is 5.73 Å². The summed E-state index contributed by atoms with van der Waals surface area (Å²) >= 11 is 0. The van der Waals surface area contributed by atoms with Gasteiger partial charge in [0.25, 0.3) is 0 Å². The number of nitrogens with two attached hydrogens (primary N) is 1. The summed E-state index contributed by atoms with van der Waals surface area (Å²) in [4.78, 5) is 4.19. The number of benzene rings is 2. The molecule has 4 aromatic rings. The second-order valence-electron chi connectivity index (χ2n) is 4.98. The van der Waals surface area contributed by atoms with Gasteiger partial charge in [0.2, 0.25) is 0 Å². The quantitative estimate of drug-likeness (QED) is 0.528. The Labute approximate surface area is 125 Å². The summed E-state index contributed by atoms with van der Waals surface area (Å²) in [7, 11) is 0. The molecule has 2 heterocycles. The lowest BCUT2D eigenvalue weighted by Gasteiger charge is -2.09. The summed E-state index contributed by atoms with van der Waals surface area (Å²) in [6, 6.07) is 15.0. The van der Waals surface area contributed by atoms with Gasteiger partial charge in [-0.05, 0) is 17.5 Å². The monoisotopic (exact) mass is 293 g/mol. The number of hydrogen-bond donors (Lipinski definition) is 3. The molecular formula is C16H12FN5. The van der Waals surface area contributed by atoms with Gasteiger partial charge in [-0.3, -0.25) is 5.10 Å². The van der Waals surface area contributed by atoms with E-state index >= 15 is 0 Å². The van der Waals surface area contributed by atoms with Crippen molar-refractivity contribution in [2.24, 2.45) is 0 Å². The third-order valence-electron chi connectivity index (χ3n) is 3.57. The summed E-state index contributed by atoms with van der Waals surface area (Å²) in [5, 5.41) is 12.1. The van der Waals surface area contributed by atoms with Crippen LogP contribution in [0.5, 0.6) is 0 Å². The Balaban J connectivity index is 1.84. The molecule has 0 saturated heterocycles. The van der Waals surface area contributed by atoms with E-state index in [0.29, 0.717) is 16.9 Å². The summed E-state index contributed by atoms with van der Waals surface area (Å²) in [6.45, 7) is 0. The van der Waals surface area contributed by atoms with Crippen LogP contribution >= 0.6 is 0 Å². The SMILES string of the molecule is Nc1[nH]nc2nc(Nc3cccc4ccccc34)c(F)cc12. The molecule has 0 atom stereocenters. The first-order valence-electron chi connectivity index (χ1n) is 6.77. The summed E-state index contributed by atoms with van der Waals surface area (Å²) < 4.78 is 14.2. The Morgan fingerprint density at radius 1 is 1.05 bits per heavy atom. The molecule has 0 amide bonds. The molecule has 6 heteroatoms. The number of halogens is 1. The van der Waals surface area contributed by atoms with Gasteiger partial charge < -0.3 is 11.1 Å². The number of anilines is 3. The predicted molar refractivity (Wildman–Crippen MR) is 85.5 cm³/mol. The van der Waals surface area contributed by atoms with Gasteiger partial charge in [-0.1, -0.05) is 36.4 Å². The lowest BCUT2D eigenvalue weighted by atomic mass is 10.1. The van der Waals surface area contributed by atoms with E-state index in [1.54, 1.807) is 0 Å². The van der Waals surface area contributed by atoms with Gasteiger partial charge in [-0.25, -0.2) is 9.37 Å². The smallest absolute Gasteiger partial charge is 0.185 e. The van der Waals surface area contributed by atoms with Crippen molar-refractivity contribution in [2.75, 3.05) is 11.1 Å². The molecule has 22 heavy (non-hydrogen) atoms. The third kappa shape index (κ3) is 1.93. The van der Waals surface area contributed by atoms with E-state index < -0.39 is 5.82 Å². The maximum Gasteiger partial charge on any atom is 0.185 e. The fourth-order valence-electron chi connectivity index (χ4n) is 2.49. The minimum Gasteiger partial charge on any atom is -0.384 e. The Kier molecular flexibility index (Phi) is 2.69. The number of nitrogens with one attached hydrogen (secondary N) is 2. The fourth-order valence-corrected chi connectivity index (χ4v) is 2.49. The Hall–Kier alpha value is -3.15. The highest BCUT2D eigenvalue weighted by atomic mass is 19.1. The van der Waals surface area contributed by atoms with Crippen LogP contribution in [0, 0.1) is 5.82 Å². The number of aromatic nitrogens is 3. The van der Waals surface area contributed by atoms with Gasteiger partial charge in [-0.2, -0.15) is 5.10 Å². The van der Waals surface area contributed by atoms with Crippen molar-refractivity contribution in [1.29, 1.82) is 0 Å². The van der Waals surface area contributed by atoms with Crippen LogP contribution in [0.4, 0.5) is 21.7 Å². The maximum absolute atomic E-state index is 14.2. The molecule has 108 valence electrons. The van der Waals surface area contributed by atoms with Crippen molar-refractivity contribution < 1.29 is 4.39 Å². The molecule has 0 saturated carbocycles.